The van der Waals surface area contributed by atoms with Gasteiger partial charge in [0.05, 0.1) is 6.61 Å². The smallest absolute Gasteiger partial charge is 0.410 e. The molecule has 0 aliphatic carbocycles. The molecule has 0 spiro atoms. The maximum Gasteiger partial charge on any atom is 0.410 e. The lowest BCUT2D eigenvalue weighted by molar-refractivity contribution is 0.0139. The highest BCUT2D eigenvalue weighted by Gasteiger charge is 2.26. The summed E-state index contributed by atoms with van der Waals surface area (Å²) in [5, 5.41) is 0. The van der Waals surface area contributed by atoms with E-state index < -0.39 is 5.60 Å². The van der Waals surface area contributed by atoms with E-state index in [9.17, 15) is 4.79 Å². The highest BCUT2D eigenvalue weighted by atomic mass is 79.9. The first kappa shape index (κ1) is 19.1. The molecule has 1 saturated heterocycles. The second-order valence-corrected chi connectivity index (χ2v) is 7.78. The maximum atomic E-state index is 12.1. The van der Waals surface area contributed by atoms with Crippen LogP contribution in [0.15, 0.2) is 22.7 Å². The Morgan fingerprint density at radius 3 is 2.42 bits per heavy atom. The number of nitrogens with zero attached hydrogens (tertiary/aromatic N) is 2. The molecule has 1 amide bonds. The topological polar surface area (TPSA) is 42.0 Å². The van der Waals surface area contributed by atoms with E-state index >= 15 is 0 Å². The van der Waals surface area contributed by atoms with E-state index in [0.29, 0.717) is 19.7 Å². The number of hydrogen-bond acceptors (Lipinski definition) is 4. The molecule has 1 aromatic rings. The summed E-state index contributed by atoms with van der Waals surface area (Å²) >= 11 is 3.62. The third kappa shape index (κ3) is 5.67. The highest BCUT2D eigenvalue weighted by molar-refractivity contribution is 9.10. The van der Waals surface area contributed by atoms with Gasteiger partial charge in [0, 0.05) is 37.2 Å². The molecule has 1 aromatic carbocycles. The zero-order valence-electron chi connectivity index (χ0n) is 15.0. The minimum atomic E-state index is -0.443. The molecule has 0 aromatic heterocycles. The van der Waals surface area contributed by atoms with Gasteiger partial charge in [-0.1, -0.05) is 22.0 Å². The summed E-state index contributed by atoms with van der Waals surface area (Å²) in [4.78, 5) is 16.2. The summed E-state index contributed by atoms with van der Waals surface area (Å²) in [5.41, 5.74) is 0.783. The fourth-order valence-electron chi connectivity index (χ4n) is 2.57. The molecule has 1 aliphatic rings. The molecule has 24 heavy (non-hydrogen) atoms. The molecule has 1 fully saturated rings. The lowest BCUT2D eigenvalue weighted by atomic mass is 10.2. The number of halogens is 1. The van der Waals surface area contributed by atoms with Gasteiger partial charge < -0.3 is 14.4 Å². The fourth-order valence-corrected chi connectivity index (χ4v) is 3.05. The molecule has 2 rings (SSSR count). The molecule has 0 atom stereocenters. The number of rotatable bonds is 4. The van der Waals surface area contributed by atoms with Gasteiger partial charge in [-0.05, 0) is 45.4 Å². The molecule has 6 heteroatoms. The van der Waals surface area contributed by atoms with Crippen LogP contribution >= 0.6 is 15.9 Å². The average Bonchev–Trinajstić information content (AvgIpc) is 2.49. The Labute approximate surface area is 153 Å². The standard InChI is InChI=1S/C18H27BrN2O3/c1-5-23-15-7-6-14(16(19)12-15)13-20-8-10-21(11-9-20)17(22)24-18(2,3)4/h6-7,12H,5,8-11,13H2,1-4H3. The minimum Gasteiger partial charge on any atom is -0.494 e. The Hall–Kier alpha value is -1.27. The van der Waals surface area contributed by atoms with Crippen molar-refractivity contribution >= 4 is 22.0 Å². The van der Waals surface area contributed by atoms with Crippen molar-refractivity contribution in [1.82, 2.24) is 9.80 Å². The van der Waals surface area contributed by atoms with Crippen LogP contribution in [0.5, 0.6) is 5.75 Å². The monoisotopic (exact) mass is 398 g/mol. The number of piperazine rings is 1. The van der Waals surface area contributed by atoms with E-state index in [4.69, 9.17) is 9.47 Å². The van der Waals surface area contributed by atoms with Crippen LogP contribution in [0.1, 0.15) is 33.3 Å². The van der Waals surface area contributed by atoms with Gasteiger partial charge in [0.15, 0.2) is 0 Å². The normalized spacial score (nSPS) is 16.1. The van der Waals surface area contributed by atoms with Crippen LogP contribution in [0.4, 0.5) is 4.79 Å². The van der Waals surface area contributed by atoms with Gasteiger partial charge in [-0.25, -0.2) is 4.79 Å². The van der Waals surface area contributed by atoms with Crippen molar-refractivity contribution in [2.24, 2.45) is 0 Å². The molecule has 0 bridgehead atoms. The fraction of sp³-hybridized carbons (Fsp3) is 0.611. The number of carbonyl (C=O) groups is 1. The predicted octanol–water partition coefficient (Wildman–Crippen LogP) is 3.90. The van der Waals surface area contributed by atoms with Crippen LogP contribution in [0.3, 0.4) is 0 Å². The number of benzene rings is 1. The van der Waals surface area contributed by atoms with Gasteiger partial charge in [-0.2, -0.15) is 0 Å². The van der Waals surface area contributed by atoms with Gasteiger partial charge >= 0.3 is 6.09 Å². The van der Waals surface area contributed by atoms with E-state index in [1.54, 1.807) is 4.90 Å². The second kappa shape index (κ2) is 8.21. The van der Waals surface area contributed by atoms with Crippen molar-refractivity contribution in [2.45, 2.75) is 39.8 Å². The predicted molar refractivity (Wildman–Crippen MR) is 98.4 cm³/mol. The van der Waals surface area contributed by atoms with Crippen molar-refractivity contribution < 1.29 is 14.3 Å². The zero-order valence-corrected chi connectivity index (χ0v) is 16.6. The summed E-state index contributed by atoms with van der Waals surface area (Å²) < 4.78 is 12.0. The van der Waals surface area contributed by atoms with Crippen LogP contribution in [-0.4, -0.2) is 54.3 Å². The van der Waals surface area contributed by atoms with E-state index in [-0.39, 0.29) is 6.09 Å². The third-order valence-electron chi connectivity index (χ3n) is 3.75. The average molecular weight is 399 g/mol. The molecular weight excluding hydrogens is 372 g/mol. The van der Waals surface area contributed by atoms with Crippen LogP contribution in [-0.2, 0) is 11.3 Å². The first-order valence-electron chi connectivity index (χ1n) is 8.40. The van der Waals surface area contributed by atoms with Gasteiger partial charge in [-0.3, -0.25) is 4.90 Å². The lowest BCUT2D eigenvalue weighted by Gasteiger charge is -2.35. The zero-order chi connectivity index (χ0) is 17.7. The number of carbonyl (C=O) groups excluding carboxylic acids is 1. The lowest BCUT2D eigenvalue weighted by Crippen LogP contribution is -2.49. The van der Waals surface area contributed by atoms with E-state index in [0.717, 1.165) is 29.9 Å². The summed E-state index contributed by atoms with van der Waals surface area (Å²) in [7, 11) is 0. The van der Waals surface area contributed by atoms with Crippen molar-refractivity contribution in [1.29, 1.82) is 0 Å². The highest BCUT2D eigenvalue weighted by Crippen LogP contribution is 2.25. The Morgan fingerprint density at radius 1 is 1.21 bits per heavy atom. The Kier molecular flexibility index (Phi) is 6.52. The van der Waals surface area contributed by atoms with Crippen LogP contribution in [0.25, 0.3) is 0 Å². The molecule has 1 heterocycles. The summed E-state index contributed by atoms with van der Waals surface area (Å²) in [6.45, 7) is 12.3. The molecular formula is C18H27BrN2O3. The van der Waals surface area contributed by atoms with Crippen molar-refractivity contribution in [2.75, 3.05) is 32.8 Å². The molecule has 134 valence electrons. The Balaban J connectivity index is 1.86. The van der Waals surface area contributed by atoms with Crippen molar-refractivity contribution in [3.05, 3.63) is 28.2 Å². The molecule has 0 unspecified atom stereocenters. The summed E-state index contributed by atoms with van der Waals surface area (Å²) in [5.74, 6) is 0.878. The van der Waals surface area contributed by atoms with Crippen molar-refractivity contribution in [3.63, 3.8) is 0 Å². The quantitative estimate of drug-likeness (QED) is 0.770. The Bertz CT molecular complexity index is 564. The summed E-state index contributed by atoms with van der Waals surface area (Å²) in [6.07, 6.45) is -0.218. The van der Waals surface area contributed by atoms with E-state index in [1.165, 1.54) is 5.56 Å². The van der Waals surface area contributed by atoms with E-state index in [1.807, 2.05) is 39.8 Å². The first-order valence-corrected chi connectivity index (χ1v) is 9.19. The molecule has 0 saturated carbocycles. The number of ether oxygens (including phenoxy) is 2. The van der Waals surface area contributed by atoms with Crippen LogP contribution in [0, 0.1) is 0 Å². The molecule has 1 aliphatic heterocycles. The minimum absolute atomic E-state index is 0.218. The number of amides is 1. The van der Waals surface area contributed by atoms with Crippen LogP contribution in [0.2, 0.25) is 0 Å². The maximum absolute atomic E-state index is 12.1. The third-order valence-corrected chi connectivity index (χ3v) is 4.49. The van der Waals surface area contributed by atoms with Crippen molar-refractivity contribution in [3.8, 4) is 5.75 Å². The Morgan fingerprint density at radius 2 is 1.88 bits per heavy atom. The van der Waals surface area contributed by atoms with Gasteiger partial charge in [0.2, 0.25) is 0 Å². The van der Waals surface area contributed by atoms with Crippen LogP contribution < -0.4 is 4.74 Å². The van der Waals surface area contributed by atoms with Gasteiger partial charge in [0.1, 0.15) is 11.4 Å². The molecule has 0 N–H and O–H groups in total. The SMILES string of the molecule is CCOc1ccc(CN2CCN(C(=O)OC(C)(C)C)CC2)c(Br)c1. The largest absolute Gasteiger partial charge is 0.494 e. The summed E-state index contributed by atoms with van der Waals surface area (Å²) in [6, 6.07) is 6.10. The van der Waals surface area contributed by atoms with Gasteiger partial charge in [-0.15, -0.1) is 0 Å². The van der Waals surface area contributed by atoms with E-state index in [2.05, 4.69) is 26.9 Å². The molecule has 5 nitrogen and oxygen atoms in total. The first-order chi connectivity index (χ1) is 11.3. The second-order valence-electron chi connectivity index (χ2n) is 6.93. The molecule has 0 radical (unpaired) electrons. The number of hydrogen-bond donors (Lipinski definition) is 0. The van der Waals surface area contributed by atoms with Gasteiger partial charge in [0.25, 0.3) is 0 Å².